The van der Waals surface area contributed by atoms with E-state index in [9.17, 15) is 0 Å². The minimum Gasteiger partial charge on any atom is -0.492 e. The van der Waals surface area contributed by atoms with Crippen molar-refractivity contribution in [3.63, 3.8) is 0 Å². The zero-order valence-corrected chi connectivity index (χ0v) is 11.3. The van der Waals surface area contributed by atoms with E-state index in [4.69, 9.17) is 39.5 Å². The van der Waals surface area contributed by atoms with Gasteiger partial charge in [-0.2, -0.15) is 0 Å². The summed E-state index contributed by atoms with van der Waals surface area (Å²) >= 11 is 17.6. The van der Waals surface area contributed by atoms with Crippen molar-refractivity contribution in [3.05, 3.63) is 27.2 Å². The third-order valence-electron chi connectivity index (χ3n) is 1.98. The van der Waals surface area contributed by atoms with Crippen LogP contribution in [0.4, 0.5) is 0 Å². The molecule has 90 valence electrons. The Balaban J connectivity index is 2.45. The fraction of sp³-hybridized carbons (Fsp3) is 0.455. The highest BCUT2D eigenvalue weighted by atomic mass is 35.5. The number of hydrogen-bond donors (Lipinski definition) is 1. The van der Waals surface area contributed by atoms with E-state index >= 15 is 0 Å². The summed E-state index contributed by atoms with van der Waals surface area (Å²) in [5.74, 6) is 0.576. The molecule has 0 atom stereocenters. The summed E-state index contributed by atoms with van der Waals surface area (Å²) in [4.78, 5) is 0. The summed E-state index contributed by atoms with van der Waals surface area (Å²) in [5, 5.41) is 4.58. The highest BCUT2D eigenvalue weighted by Gasteiger charge is 2.06. The second-order valence-electron chi connectivity index (χ2n) is 3.25. The molecule has 0 spiro atoms. The van der Waals surface area contributed by atoms with Gasteiger partial charge in [-0.15, -0.1) is 0 Å². The monoisotopic (exact) mass is 281 g/mol. The van der Waals surface area contributed by atoms with Gasteiger partial charge in [-0.25, -0.2) is 0 Å². The molecule has 0 amide bonds. The van der Waals surface area contributed by atoms with Crippen molar-refractivity contribution in [3.8, 4) is 5.75 Å². The second kappa shape index (κ2) is 7.23. The van der Waals surface area contributed by atoms with E-state index in [1.165, 1.54) is 0 Å². The molecule has 0 saturated heterocycles. The lowest BCUT2D eigenvalue weighted by Gasteiger charge is -2.09. The molecule has 0 aliphatic rings. The summed E-state index contributed by atoms with van der Waals surface area (Å²) in [6.45, 7) is 4.56. The van der Waals surface area contributed by atoms with Crippen LogP contribution in [0, 0.1) is 0 Å². The van der Waals surface area contributed by atoms with Gasteiger partial charge in [0.1, 0.15) is 5.75 Å². The minimum atomic E-state index is 0.437. The molecule has 0 fully saturated rings. The highest BCUT2D eigenvalue weighted by Crippen LogP contribution is 2.33. The van der Waals surface area contributed by atoms with Crippen LogP contribution in [-0.2, 0) is 0 Å². The third kappa shape index (κ3) is 4.38. The first kappa shape index (κ1) is 13.9. The molecule has 0 aliphatic carbocycles. The first-order valence-corrected chi connectivity index (χ1v) is 6.26. The van der Waals surface area contributed by atoms with Crippen LogP contribution in [0.1, 0.15) is 13.3 Å². The zero-order valence-electron chi connectivity index (χ0n) is 9.03. The average molecular weight is 283 g/mol. The smallest absolute Gasteiger partial charge is 0.139 e. The molecule has 0 unspecified atom stereocenters. The maximum absolute atomic E-state index is 5.96. The van der Waals surface area contributed by atoms with Gasteiger partial charge in [0, 0.05) is 6.07 Å². The van der Waals surface area contributed by atoms with Crippen molar-refractivity contribution in [2.45, 2.75) is 13.3 Å². The molecule has 1 rings (SSSR count). The van der Waals surface area contributed by atoms with E-state index in [0.717, 1.165) is 19.5 Å². The molecule has 0 aromatic heterocycles. The van der Waals surface area contributed by atoms with Crippen LogP contribution in [0.3, 0.4) is 0 Å². The maximum Gasteiger partial charge on any atom is 0.139 e. The molecular formula is C11H14Cl3NO. The number of benzene rings is 1. The molecule has 0 radical (unpaired) electrons. The fourth-order valence-electron chi connectivity index (χ4n) is 1.17. The highest BCUT2D eigenvalue weighted by molar-refractivity contribution is 6.43. The Bertz CT molecular complexity index is 344. The molecule has 1 aromatic rings. The predicted octanol–water partition coefficient (Wildman–Crippen LogP) is 4.03. The second-order valence-corrected chi connectivity index (χ2v) is 4.47. The van der Waals surface area contributed by atoms with Gasteiger partial charge in [-0.3, -0.25) is 0 Å². The molecule has 0 aliphatic heterocycles. The van der Waals surface area contributed by atoms with Gasteiger partial charge in [0.15, 0.2) is 0 Å². The molecule has 16 heavy (non-hydrogen) atoms. The van der Waals surface area contributed by atoms with Crippen molar-refractivity contribution in [2.75, 3.05) is 19.7 Å². The maximum atomic E-state index is 5.96. The number of rotatable bonds is 6. The van der Waals surface area contributed by atoms with Gasteiger partial charge in [0.05, 0.1) is 21.7 Å². The third-order valence-corrected chi connectivity index (χ3v) is 3.00. The molecular weight excluding hydrogens is 268 g/mol. The van der Waals surface area contributed by atoms with Gasteiger partial charge >= 0.3 is 0 Å². The van der Waals surface area contributed by atoms with E-state index in [0.29, 0.717) is 27.4 Å². The summed E-state index contributed by atoms with van der Waals surface area (Å²) in [7, 11) is 0. The average Bonchev–Trinajstić information content (AvgIpc) is 2.25. The van der Waals surface area contributed by atoms with Gasteiger partial charge in [0.25, 0.3) is 0 Å². The lowest BCUT2D eigenvalue weighted by Crippen LogP contribution is -2.16. The lowest BCUT2D eigenvalue weighted by molar-refractivity contribution is 0.309. The largest absolute Gasteiger partial charge is 0.492 e. The van der Waals surface area contributed by atoms with Crippen LogP contribution in [0.25, 0.3) is 0 Å². The van der Waals surface area contributed by atoms with Crippen LogP contribution in [0.2, 0.25) is 15.1 Å². The summed E-state index contributed by atoms with van der Waals surface area (Å²) in [6.07, 6.45) is 0.921. The van der Waals surface area contributed by atoms with E-state index < -0.39 is 0 Å². The van der Waals surface area contributed by atoms with Crippen molar-refractivity contribution in [2.24, 2.45) is 0 Å². The molecule has 1 N–H and O–H groups in total. The van der Waals surface area contributed by atoms with Gasteiger partial charge in [-0.05, 0) is 25.6 Å². The van der Waals surface area contributed by atoms with Crippen LogP contribution in [-0.4, -0.2) is 19.7 Å². The number of halogens is 3. The Hall–Kier alpha value is -0.150. The molecule has 0 heterocycles. The van der Waals surface area contributed by atoms with Crippen molar-refractivity contribution < 1.29 is 4.74 Å². The first-order valence-electron chi connectivity index (χ1n) is 5.13. The standard InChI is InChI=1S/C11H14Cl3NO/c1-2-15-4-3-5-16-11-7-9(13)8(12)6-10(11)14/h6-7,15H,2-5H2,1H3. The SMILES string of the molecule is CCNCCCOc1cc(Cl)c(Cl)cc1Cl. The van der Waals surface area contributed by atoms with Gasteiger partial charge in [-0.1, -0.05) is 41.7 Å². The topological polar surface area (TPSA) is 21.3 Å². The minimum absolute atomic E-state index is 0.437. The molecule has 1 aromatic carbocycles. The summed E-state index contributed by atoms with van der Waals surface area (Å²) < 4.78 is 5.50. The first-order chi connectivity index (χ1) is 7.65. The molecule has 0 saturated carbocycles. The van der Waals surface area contributed by atoms with E-state index in [1.54, 1.807) is 12.1 Å². The lowest BCUT2D eigenvalue weighted by atomic mass is 10.3. The van der Waals surface area contributed by atoms with Crippen LogP contribution in [0.5, 0.6) is 5.75 Å². The fourth-order valence-corrected chi connectivity index (χ4v) is 1.76. The Morgan fingerprint density at radius 2 is 1.81 bits per heavy atom. The zero-order chi connectivity index (χ0) is 12.0. The van der Waals surface area contributed by atoms with Crippen LogP contribution < -0.4 is 10.1 Å². The van der Waals surface area contributed by atoms with Gasteiger partial charge < -0.3 is 10.1 Å². The van der Waals surface area contributed by atoms with Crippen molar-refractivity contribution in [1.29, 1.82) is 0 Å². The molecule has 2 nitrogen and oxygen atoms in total. The quantitative estimate of drug-likeness (QED) is 0.628. The van der Waals surface area contributed by atoms with E-state index in [2.05, 4.69) is 12.2 Å². The molecule has 0 bridgehead atoms. The Kier molecular flexibility index (Phi) is 6.29. The summed E-state index contributed by atoms with van der Waals surface area (Å²) in [6, 6.07) is 3.23. The normalized spacial score (nSPS) is 10.5. The number of ether oxygens (including phenoxy) is 1. The van der Waals surface area contributed by atoms with Crippen LogP contribution in [0.15, 0.2) is 12.1 Å². The Morgan fingerprint density at radius 3 is 2.50 bits per heavy atom. The number of nitrogens with one attached hydrogen (secondary N) is 1. The van der Waals surface area contributed by atoms with Crippen LogP contribution >= 0.6 is 34.8 Å². The Labute approximate surface area is 111 Å². The molecule has 5 heteroatoms. The van der Waals surface area contributed by atoms with Crippen molar-refractivity contribution >= 4 is 34.8 Å². The van der Waals surface area contributed by atoms with E-state index in [-0.39, 0.29) is 0 Å². The number of hydrogen-bond acceptors (Lipinski definition) is 2. The summed E-state index contributed by atoms with van der Waals surface area (Å²) in [5.41, 5.74) is 0. The van der Waals surface area contributed by atoms with Crippen molar-refractivity contribution in [1.82, 2.24) is 5.32 Å². The van der Waals surface area contributed by atoms with Gasteiger partial charge in [0.2, 0.25) is 0 Å². The van der Waals surface area contributed by atoms with E-state index in [1.807, 2.05) is 0 Å². The Morgan fingerprint density at radius 1 is 1.12 bits per heavy atom. The predicted molar refractivity (Wildman–Crippen MR) is 70.1 cm³/mol.